The molecule has 0 saturated heterocycles. The third-order valence-corrected chi connectivity index (χ3v) is 24.1. The van der Waals surface area contributed by atoms with E-state index in [2.05, 4.69) is 52.5 Å². The van der Waals surface area contributed by atoms with Gasteiger partial charge in [0, 0.05) is 134 Å². The first kappa shape index (κ1) is 87.2. The Morgan fingerprint density at radius 2 is 0.643 bits per heavy atom. The van der Waals surface area contributed by atoms with Crippen LogP contribution in [0.15, 0.2) is 189 Å². The number of fused-ring (bicyclic) bond motifs is 4. The molecule has 8 aromatic carbocycles. The first-order chi connectivity index (χ1) is 54.8. The van der Waals surface area contributed by atoms with Crippen molar-refractivity contribution in [3.05, 3.63) is 242 Å². The zero-order chi connectivity index (χ0) is 78.5. The van der Waals surface area contributed by atoms with E-state index >= 15 is 0 Å². The van der Waals surface area contributed by atoms with Crippen molar-refractivity contribution < 1.29 is 76.3 Å². The van der Waals surface area contributed by atoms with Gasteiger partial charge in [0.2, 0.25) is 0 Å². The Morgan fingerprint density at radius 3 is 1.04 bits per heavy atom. The number of anilines is 3. The molecule has 590 valence electrons. The van der Waals surface area contributed by atoms with Crippen molar-refractivity contribution in [2.24, 2.45) is 0 Å². The molecule has 8 aromatic rings. The number of carbonyl (C=O) groups is 8. The fourth-order valence-electron chi connectivity index (χ4n) is 11.7. The monoisotopic (exact) mass is 1670 g/mol. The third kappa shape index (κ3) is 27.8. The van der Waals surface area contributed by atoms with Crippen LogP contribution in [0.3, 0.4) is 0 Å². The summed E-state index contributed by atoms with van der Waals surface area (Å²) in [5.74, 6) is 3.42. The molecule has 112 heavy (non-hydrogen) atoms. The number of hydrogen-bond acceptors (Lipinski definition) is 24. The van der Waals surface area contributed by atoms with Crippen LogP contribution in [0, 0.1) is 6.92 Å². The SMILES string of the molecule is CNC(=O)SCCOCCOCCSc1cccc2c1C(=O)c1c(SCCOCCOCCSC(=O)Nc3cccc(Cc4ccccc4NC(=O)SCCOCCOCCSc4cccc5c4C(=O)c4c(SCCOCCOCCSC(=O)Nc6ccc(Cc7ccc(C)cc7)cc6)cccc4C5=O)c3)cccc1C2=O. The van der Waals surface area contributed by atoms with Crippen molar-refractivity contribution in [3.8, 4) is 0 Å². The number of nitrogens with one attached hydrogen (secondary N) is 4. The zero-order valence-electron chi connectivity index (χ0n) is 62.3. The molecule has 4 N–H and O–H groups in total. The van der Waals surface area contributed by atoms with Gasteiger partial charge in [0.25, 0.3) is 21.0 Å². The number of hydrogen-bond donors (Lipinski definition) is 4. The van der Waals surface area contributed by atoms with Crippen LogP contribution in [-0.4, -0.2) is 203 Å². The summed E-state index contributed by atoms with van der Waals surface area (Å²) in [6.45, 7) is 8.11. The highest BCUT2D eigenvalue weighted by atomic mass is 32.2. The van der Waals surface area contributed by atoms with Crippen molar-refractivity contribution in [1.29, 1.82) is 0 Å². The fourth-order valence-corrected chi connectivity index (χ4v) is 17.7. The molecule has 0 saturated carbocycles. The number of thioether (sulfide) groups is 8. The zero-order valence-corrected chi connectivity index (χ0v) is 68.9. The van der Waals surface area contributed by atoms with Gasteiger partial charge in [-0.15, -0.1) is 47.0 Å². The summed E-state index contributed by atoms with van der Waals surface area (Å²) in [6, 6.07) is 53.1. The molecular weight excluding hydrogens is 1580 g/mol. The number of amides is 4. The van der Waals surface area contributed by atoms with Crippen LogP contribution >= 0.6 is 94.1 Å². The quantitative estimate of drug-likeness (QED) is 0.0204. The highest BCUT2D eigenvalue weighted by Crippen LogP contribution is 2.40. The summed E-state index contributed by atoms with van der Waals surface area (Å²) >= 11 is 10.4. The van der Waals surface area contributed by atoms with Crippen LogP contribution in [0.2, 0.25) is 0 Å². The largest absolute Gasteiger partial charge is 0.378 e. The van der Waals surface area contributed by atoms with E-state index in [1.54, 1.807) is 55.6 Å². The normalized spacial score (nSPS) is 12.1. The van der Waals surface area contributed by atoms with Crippen LogP contribution in [0.5, 0.6) is 0 Å². The van der Waals surface area contributed by atoms with Gasteiger partial charge in [0.05, 0.1) is 106 Å². The van der Waals surface area contributed by atoms with E-state index in [4.69, 9.17) is 37.9 Å². The smallest absolute Gasteiger partial charge is 0.283 e. The van der Waals surface area contributed by atoms with Gasteiger partial charge < -0.3 is 59.2 Å². The van der Waals surface area contributed by atoms with Gasteiger partial charge in [-0.2, -0.15) is 0 Å². The summed E-state index contributed by atoms with van der Waals surface area (Å²) < 4.78 is 46.0. The van der Waals surface area contributed by atoms with E-state index in [1.165, 1.54) is 63.7 Å². The number of ether oxygens (including phenoxy) is 8. The van der Waals surface area contributed by atoms with Crippen molar-refractivity contribution >= 4 is 155 Å². The first-order valence-corrected chi connectivity index (χ1v) is 44.5. The maximum absolute atomic E-state index is 14.3. The Labute approximate surface area is 687 Å². The van der Waals surface area contributed by atoms with Crippen LogP contribution in [-0.2, 0) is 50.7 Å². The highest BCUT2D eigenvalue weighted by molar-refractivity contribution is 8.14. The molecule has 0 atom stereocenters. The van der Waals surface area contributed by atoms with Crippen LogP contribution < -0.4 is 21.3 Å². The first-order valence-electron chi connectivity index (χ1n) is 36.6. The second-order valence-electron chi connectivity index (χ2n) is 24.9. The molecule has 0 heterocycles. The minimum atomic E-state index is -0.221. The molecule has 20 nitrogen and oxygen atoms in total. The van der Waals surface area contributed by atoms with E-state index in [9.17, 15) is 38.4 Å². The number of para-hydroxylation sites is 1. The maximum Gasteiger partial charge on any atom is 0.283 e. The summed E-state index contributed by atoms with van der Waals surface area (Å²) in [6.07, 6.45) is 1.34. The van der Waals surface area contributed by atoms with Gasteiger partial charge >= 0.3 is 0 Å². The van der Waals surface area contributed by atoms with E-state index < -0.39 is 0 Å². The molecule has 0 aromatic heterocycles. The van der Waals surface area contributed by atoms with Crippen molar-refractivity contribution in [2.45, 2.75) is 39.3 Å². The average Bonchev–Trinajstić information content (AvgIpc) is 0.751. The number of benzene rings is 8. The van der Waals surface area contributed by atoms with E-state index in [1.807, 2.05) is 97.1 Å². The van der Waals surface area contributed by atoms with Gasteiger partial charge in [0.1, 0.15) is 0 Å². The molecule has 0 fully saturated rings. The lowest BCUT2D eigenvalue weighted by atomic mass is 9.84. The van der Waals surface area contributed by atoms with Crippen LogP contribution in [0.1, 0.15) is 91.5 Å². The molecule has 28 heteroatoms. The Kier molecular flexibility index (Phi) is 37.6. The van der Waals surface area contributed by atoms with Crippen molar-refractivity contribution in [3.63, 3.8) is 0 Å². The molecule has 0 aliphatic heterocycles. The Balaban J connectivity index is 0.537. The molecule has 4 amide bonds. The number of rotatable bonds is 47. The predicted molar refractivity (Wildman–Crippen MR) is 456 cm³/mol. The minimum Gasteiger partial charge on any atom is -0.378 e. The molecule has 2 aliphatic rings. The van der Waals surface area contributed by atoms with Gasteiger partial charge in [-0.3, -0.25) is 38.4 Å². The Bertz CT molecular complexity index is 4480. The Hall–Kier alpha value is -7.20. The van der Waals surface area contributed by atoms with Crippen molar-refractivity contribution in [1.82, 2.24) is 5.32 Å². The lowest BCUT2D eigenvalue weighted by Crippen LogP contribution is -2.22. The minimum absolute atomic E-state index is 0.101. The van der Waals surface area contributed by atoms with E-state index in [0.717, 1.165) is 85.0 Å². The lowest BCUT2D eigenvalue weighted by molar-refractivity contribution is 0.0605. The average molecular weight is 1670 g/mol. The standard InChI is InChI=1S/C84H90N4O16S8/c1-57-22-24-58(25-23-57)54-59-26-28-62(29-27-59)86-82(94)110-51-43-102-35-31-98-39-47-106-70-19-7-14-65-74(70)80(92)76-67(78(65)90)16-9-21-72(76)108-49-41-100-33-37-104-45-53-112-84(96)88-68-17-4-3-11-61(68)55-60-10-5-12-63(56-60)87-83(95)111-52-44-103-36-32-99-40-48-107-71-20-8-15-66-75(71)79(91)73-64(77(66)89)13-6-18-69(73)105-46-38-97-30-34-101-42-50-109-81(93)85-2/h3-29,56H,30-55H2,1-2H3,(H,85,93)(H,86,94)(H,87,95)(H,88,96). The molecule has 0 bridgehead atoms. The summed E-state index contributed by atoms with van der Waals surface area (Å²) in [4.78, 5) is 109. The van der Waals surface area contributed by atoms with Gasteiger partial charge in [-0.1, -0.05) is 168 Å². The summed E-state index contributed by atoms with van der Waals surface area (Å²) in [5, 5.41) is 10.8. The maximum atomic E-state index is 14.3. The lowest BCUT2D eigenvalue weighted by Gasteiger charge is -2.22. The van der Waals surface area contributed by atoms with Crippen LogP contribution in [0.4, 0.5) is 36.2 Å². The van der Waals surface area contributed by atoms with E-state index in [-0.39, 0.29) is 44.1 Å². The number of aryl methyl sites for hydroxylation is 1. The number of ketones is 4. The van der Waals surface area contributed by atoms with Gasteiger partial charge in [0.15, 0.2) is 23.1 Å². The molecule has 0 unspecified atom stereocenters. The topological polar surface area (TPSA) is 259 Å². The second-order valence-corrected chi connectivity index (χ2v) is 33.7. The van der Waals surface area contributed by atoms with Crippen molar-refractivity contribution in [2.75, 3.05) is 175 Å². The highest BCUT2D eigenvalue weighted by Gasteiger charge is 2.35. The van der Waals surface area contributed by atoms with Crippen LogP contribution in [0.25, 0.3) is 0 Å². The van der Waals surface area contributed by atoms with Gasteiger partial charge in [-0.05, 0) is 96.6 Å². The molecule has 0 spiro atoms. The third-order valence-electron chi connectivity index (χ3n) is 17.0. The summed E-state index contributed by atoms with van der Waals surface area (Å²) in [7, 11) is 1.59. The molecule has 10 rings (SSSR count). The molecule has 0 radical (unpaired) electrons. The second kappa shape index (κ2) is 48.2. The summed E-state index contributed by atoms with van der Waals surface area (Å²) in [5.41, 5.74) is 10.8. The molecule has 2 aliphatic carbocycles. The Morgan fingerprint density at radius 1 is 0.304 bits per heavy atom. The fraction of sp³-hybridized carbons (Fsp3) is 0.333. The van der Waals surface area contributed by atoms with Gasteiger partial charge in [-0.25, -0.2) is 0 Å². The van der Waals surface area contributed by atoms with E-state index in [0.29, 0.717) is 219 Å². The number of carbonyl (C=O) groups excluding carboxylic acids is 8. The predicted octanol–water partition coefficient (Wildman–Crippen LogP) is 17.2. The molecular formula is C84H90N4O16S8.